The number of carbonyl (C=O) groups is 1. The molecule has 0 bridgehead atoms. The first kappa shape index (κ1) is 34.2. The molecule has 5 rings (SSSR count). The minimum absolute atomic E-state index is 0.0144. The van der Waals surface area contributed by atoms with Gasteiger partial charge in [0.1, 0.15) is 23.2 Å². The van der Waals surface area contributed by atoms with E-state index >= 15 is 8.78 Å². The molecule has 0 radical (unpaired) electrons. The van der Waals surface area contributed by atoms with Crippen molar-refractivity contribution in [2.75, 3.05) is 6.54 Å². The number of nitrogens with one attached hydrogen (secondary N) is 1. The molecular weight excluding hydrogens is 670 g/mol. The second-order valence-electron chi connectivity index (χ2n) is 11.6. The number of rotatable bonds is 8. The number of pyridine rings is 1. The third-order valence-corrected chi connectivity index (χ3v) is 8.11. The number of aliphatic hydroxyl groups is 1. The molecule has 4 aromatic rings. The van der Waals surface area contributed by atoms with E-state index in [4.69, 9.17) is 27.9 Å². The second kappa shape index (κ2) is 12.8. The number of aromatic nitrogens is 1. The summed E-state index contributed by atoms with van der Waals surface area (Å²) in [5, 5.41) is 23.6. The monoisotopic (exact) mass is 696 g/mol. The fraction of sp³-hybridized carbons (Fsp3) is 0.273. The van der Waals surface area contributed by atoms with Gasteiger partial charge in [-0.3, -0.25) is 4.79 Å². The summed E-state index contributed by atoms with van der Waals surface area (Å²) in [6, 6.07) is 16.5. The molecule has 14 heteroatoms. The van der Waals surface area contributed by atoms with Gasteiger partial charge < -0.3 is 25.0 Å². The summed E-state index contributed by atoms with van der Waals surface area (Å²) in [5.74, 6) is -7.24. The number of para-hydroxylation sites is 1. The zero-order valence-corrected chi connectivity index (χ0v) is 26.2. The molecule has 7 nitrogen and oxygen atoms in total. The van der Waals surface area contributed by atoms with Crippen LogP contribution in [0, 0.1) is 0 Å². The summed E-state index contributed by atoms with van der Waals surface area (Å²) in [4.78, 5) is 17.1. The first-order valence-corrected chi connectivity index (χ1v) is 14.9. The molecule has 3 aromatic carbocycles. The number of alkyl halides is 5. The fourth-order valence-corrected chi connectivity index (χ4v) is 5.71. The van der Waals surface area contributed by atoms with Crippen LogP contribution in [0.2, 0.25) is 10.0 Å². The van der Waals surface area contributed by atoms with Gasteiger partial charge in [-0.25, -0.2) is 13.8 Å². The van der Waals surface area contributed by atoms with Crippen molar-refractivity contribution in [3.8, 4) is 39.8 Å². The summed E-state index contributed by atoms with van der Waals surface area (Å²) in [5.41, 5.74) is -0.455. The van der Waals surface area contributed by atoms with Crippen LogP contribution in [0.4, 0.5) is 22.0 Å². The number of aliphatic hydroxyl groups excluding tert-OH is 1. The molecule has 1 aromatic heterocycles. The Kier molecular flexibility index (Phi) is 9.33. The minimum Gasteiger partial charge on any atom is -0.507 e. The van der Waals surface area contributed by atoms with Crippen LogP contribution in [-0.4, -0.2) is 51.6 Å². The predicted octanol–water partition coefficient (Wildman–Crippen LogP) is 8.40. The Hall–Kier alpha value is -4.13. The number of nitrogens with zero attached hydrogens (tertiary/aromatic N) is 1. The highest BCUT2D eigenvalue weighted by molar-refractivity contribution is 6.33. The van der Waals surface area contributed by atoms with E-state index in [0.717, 1.165) is 12.1 Å². The number of ether oxygens (including phenoxy) is 2. The van der Waals surface area contributed by atoms with Gasteiger partial charge in [0, 0.05) is 27.6 Å². The van der Waals surface area contributed by atoms with Crippen LogP contribution in [0.3, 0.4) is 0 Å². The summed E-state index contributed by atoms with van der Waals surface area (Å²) >= 11 is 12.5. The topological polar surface area (TPSA) is 101 Å². The number of carbonyl (C=O) groups excluding carboxylic acids is 1. The number of phenols is 1. The highest BCUT2D eigenvalue weighted by Crippen LogP contribution is 2.49. The molecule has 0 fully saturated rings. The Morgan fingerprint density at radius 1 is 1.04 bits per heavy atom. The van der Waals surface area contributed by atoms with E-state index in [1.165, 1.54) is 36.4 Å². The van der Waals surface area contributed by atoms with Crippen LogP contribution in [0.1, 0.15) is 42.1 Å². The molecule has 1 aliphatic rings. The van der Waals surface area contributed by atoms with E-state index in [9.17, 15) is 28.2 Å². The molecule has 1 unspecified atom stereocenters. The van der Waals surface area contributed by atoms with Gasteiger partial charge in [0.05, 0.1) is 22.8 Å². The number of aromatic hydroxyl groups is 1. The van der Waals surface area contributed by atoms with Crippen LogP contribution in [0.15, 0.2) is 72.8 Å². The summed E-state index contributed by atoms with van der Waals surface area (Å²) in [6.45, 7) is 1.95. The van der Waals surface area contributed by atoms with Gasteiger partial charge >= 0.3 is 6.36 Å². The summed E-state index contributed by atoms with van der Waals surface area (Å²) in [6.07, 6.45) is -7.44. The number of halogens is 7. The molecular formula is C33H27Cl2F5N2O5. The first-order valence-electron chi connectivity index (χ1n) is 14.1. The molecule has 0 saturated heterocycles. The van der Waals surface area contributed by atoms with Gasteiger partial charge in [0.15, 0.2) is 0 Å². The molecule has 1 aliphatic heterocycles. The molecule has 0 aliphatic carbocycles. The molecule has 2 atom stereocenters. The van der Waals surface area contributed by atoms with E-state index in [1.807, 2.05) is 0 Å². The number of benzene rings is 3. The Labute approximate surface area is 275 Å². The highest BCUT2D eigenvalue weighted by atomic mass is 35.5. The zero-order valence-electron chi connectivity index (χ0n) is 24.7. The Balaban J connectivity index is 1.59. The lowest BCUT2D eigenvalue weighted by Gasteiger charge is -2.40. The van der Waals surface area contributed by atoms with Crippen molar-refractivity contribution in [3.05, 3.63) is 94.0 Å². The first-order chi connectivity index (χ1) is 21.9. The van der Waals surface area contributed by atoms with E-state index in [0.29, 0.717) is 10.6 Å². The lowest BCUT2D eigenvalue weighted by atomic mass is 9.79. The van der Waals surface area contributed by atoms with Crippen LogP contribution >= 0.6 is 23.2 Å². The maximum Gasteiger partial charge on any atom is 0.573 e. The largest absolute Gasteiger partial charge is 0.573 e. The molecule has 1 amide bonds. The third-order valence-electron chi connectivity index (χ3n) is 7.53. The lowest BCUT2D eigenvalue weighted by molar-refractivity contribution is -0.274. The molecule has 0 saturated carbocycles. The van der Waals surface area contributed by atoms with E-state index in [-0.39, 0.29) is 45.3 Å². The average Bonchev–Trinajstić information content (AvgIpc) is 2.99. The normalized spacial score (nSPS) is 16.5. The lowest BCUT2D eigenvalue weighted by Crippen LogP contribution is -2.50. The minimum atomic E-state index is -4.99. The van der Waals surface area contributed by atoms with E-state index in [1.54, 1.807) is 38.1 Å². The Morgan fingerprint density at radius 3 is 2.38 bits per heavy atom. The summed E-state index contributed by atoms with van der Waals surface area (Å²) < 4.78 is 80.6. The standard InChI is InChI=1S/C33H27Cl2F5N2O5/c1-31(2)15-24(28(44)32(36,37)16-41-29(45)20-5-3-4-6-26(20)43)22-14-21(17-7-9-18(34)10-8-17)27(42-30(22)47-31)23-13-19(11-12-25(23)35)46-33(38,39)40/h3-14,24,28,43-44H,15-16H2,1-2H3,(H,41,45)/t24-,28?/m1/s1. The zero-order chi connectivity index (χ0) is 34.3. The van der Waals surface area contributed by atoms with Gasteiger partial charge in [0.2, 0.25) is 5.88 Å². The van der Waals surface area contributed by atoms with Crippen molar-refractivity contribution in [3.63, 3.8) is 0 Å². The third kappa shape index (κ3) is 7.72. The maximum atomic E-state index is 15.6. The predicted molar refractivity (Wildman–Crippen MR) is 165 cm³/mol. The molecule has 248 valence electrons. The van der Waals surface area contributed by atoms with Gasteiger partial charge in [-0.05, 0) is 74.4 Å². The van der Waals surface area contributed by atoms with Crippen molar-refractivity contribution in [2.24, 2.45) is 0 Å². The van der Waals surface area contributed by atoms with Crippen molar-refractivity contribution in [1.29, 1.82) is 0 Å². The average molecular weight is 697 g/mol. The number of amides is 1. The quantitative estimate of drug-likeness (QED) is 0.160. The molecule has 2 heterocycles. The van der Waals surface area contributed by atoms with Gasteiger partial charge in [-0.15, -0.1) is 13.2 Å². The van der Waals surface area contributed by atoms with Crippen LogP contribution < -0.4 is 14.8 Å². The molecule has 47 heavy (non-hydrogen) atoms. The fourth-order valence-electron chi connectivity index (χ4n) is 5.38. The van der Waals surface area contributed by atoms with Crippen LogP contribution in [0.5, 0.6) is 17.4 Å². The molecule has 3 N–H and O–H groups in total. The number of hydrogen-bond acceptors (Lipinski definition) is 6. The highest BCUT2D eigenvalue weighted by Gasteiger charge is 2.49. The van der Waals surface area contributed by atoms with Gasteiger partial charge in [0.25, 0.3) is 11.8 Å². The van der Waals surface area contributed by atoms with Crippen molar-refractivity contribution in [1.82, 2.24) is 10.3 Å². The number of phenolic OH excluding ortho intramolecular Hbond substituents is 1. The van der Waals surface area contributed by atoms with Crippen LogP contribution in [0.25, 0.3) is 22.4 Å². The van der Waals surface area contributed by atoms with Gasteiger partial charge in [-0.1, -0.05) is 47.5 Å². The van der Waals surface area contributed by atoms with E-state index < -0.39 is 53.9 Å². The SMILES string of the molecule is CC1(C)C[C@@H](C(O)C(F)(F)CNC(=O)c2ccccc2O)c2cc(-c3ccc(Cl)cc3)c(-c3cc(OC(F)(F)F)ccc3Cl)nc2O1. The van der Waals surface area contributed by atoms with Crippen molar-refractivity contribution >= 4 is 29.1 Å². The summed E-state index contributed by atoms with van der Waals surface area (Å²) in [7, 11) is 0. The van der Waals surface area contributed by atoms with Crippen molar-refractivity contribution in [2.45, 2.75) is 50.2 Å². The Morgan fingerprint density at radius 2 is 1.72 bits per heavy atom. The number of fused-ring (bicyclic) bond motifs is 1. The molecule has 0 spiro atoms. The van der Waals surface area contributed by atoms with Crippen molar-refractivity contribution < 1.29 is 46.4 Å². The van der Waals surface area contributed by atoms with Gasteiger partial charge in [-0.2, -0.15) is 0 Å². The number of hydrogen-bond donors (Lipinski definition) is 3. The smallest absolute Gasteiger partial charge is 0.507 e. The maximum absolute atomic E-state index is 15.6. The van der Waals surface area contributed by atoms with Crippen LogP contribution in [-0.2, 0) is 0 Å². The van der Waals surface area contributed by atoms with E-state index in [2.05, 4.69) is 15.0 Å². The second-order valence-corrected chi connectivity index (χ2v) is 12.4. The Bertz CT molecular complexity index is 1800.